The van der Waals surface area contributed by atoms with Crippen molar-refractivity contribution in [2.45, 2.75) is 37.4 Å². The molecule has 0 amide bonds. The molecule has 0 N–H and O–H groups in total. The van der Waals surface area contributed by atoms with E-state index in [1.807, 2.05) is 12.1 Å². The van der Waals surface area contributed by atoms with Gasteiger partial charge in [0.05, 0.1) is 4.92 Å². The number of hydrogen-bond acceptors (Lipinski definition) is 2. The molecule has 1 aromatic carbocycles. The number of benzene rings is 1. The van der Waals surface area contributed by atoms with Crippen molar-refractivity contribution in [3.05, 3.63) is 38.3 Å². The lowest BCUT2D eigenvalue weighted by Crippen LogP contribution is -2.02. The van der Waals surface area contributed by atoms with Gasteiger partial charge in [0.15, 0.2) is 0 Å². The van der Waals surface area contributed by atoms with Crippen LogP contribution in [0, 0.1) is 10.1 Å². The largest absolute Gasteiger partial charge is 0.273 e. The van der Waals surface area contributed by atoms with Gasteiger partial charge in [-0.1, -0.05) is 51.3 Å². The van der Waals surface area contributed by atoms with Crippen LogP contribution in [0.4, 0.5) is 5.69 Å². The molecular formula is C12H15Br2NO2. The van der Waals surface area contributed by atoms with Gasteiger partial charge >= 0.3 is 0 Å². The summed E-state index contributed by atoms with van der Waals surface area (Å²) in [4.78, 5) is 11.0. The number of nitro benzene ring substituents is 1. The van der Waals surface area contributed by atoms with E-state index in [4.69, 9.17) is 0 Å². The topological polar surface area (TPSA) is 43.1 Å². The van der Waals surface area contributed by atoms with Crippen molar-refractivity contribution in [3.63, 3.8) is 0 Å². The Kier molecular flexibility index (Phi) is 6.12. The second-order valence-corrected chi connectivity index (χ2v) is 6.17. The zero-order valence-corrected chi connectivity index (χ0v) is 12.8. The van der Waals surface area contributed by atoms with Gasteiger partial charge in [-0.15, -0.1) is 0 Å². The summed E-state index contributed by atoms with van der Waals surface area (Å²) in [5.74, 6) is 0. The van der Waals surface area contributed by atoms with Crippen LogP contribution < -0.4 is 0 Å². The standard InChI is InChI=1S/C12H15Br2NO2/c1-2-3-10(13)6-4-9-5-7-11(14)8-12(9)15(16)17/h5,7-8,10H,2-4,6H2,1H3. The molecular weight excluding hydrogens is 350 g/mol. The summed E-state index contributed by atoms with van der Waals surface area (Å²) in [5, 5.41) is 10.9. The van der Waals surface area contributed by atoms with Gasteiger partial charge in [-0.3, -0.25) is 10.1 Å². The third-order valence-corrected chi connectivity index (χ3v) is 3.98. The number of aryl methyl sites for hydroxylation is 1. The van der Waals surface area contributed by atoms with Crippen LogP contribution in [0.1, 0.15) is 31.7 Å². The van der Waals surface area contributed by atoms with E-state index in [0.717, 1.165) is 35.7 Å². The lowest BCUT2D eigenvalue weighted by Gasteiger charge is -2.08. The van der Waals surface area contributed by atoms with E-state index in [-0.39, 0.29) is 10.6 Å². The summed E-state index contributed by atoms with van der Waals surface area (Å²) in [7, 11) is 0. The summed E-state index contributed by atoms with van der Waals surface area (Å²) < 4.78 is 0.747. The first-order valence-electron chi connectivity index (χ1n) is 5.61. The summed E-state index contributed by atoms with van der Waals surface area (Å²) >= 11 is 6.85. The highest BCUT2D eigenvalue weighted by atomic mass is 79.9. The molecule has 0 aliphatic carbocycles. The highest BCUT2D eigenvalue weighted by Crippen LogP contribution is 2.26. The minimum absolute atomic E-state index is 0.204. The Hall–Kier alpha value is -0.420. The molecule has 3 nitrogen and oxygen atoms in total. The van der Waals surface area contributed by atoms with Crippen LogP contribution >= 0.6 is 31.9 Å². The van der Waals surface area contributed by atoms with Crippen molar-refractivity contribution >= 4 is 37.5 Å². The van der Waals surface area contributed by atoms with E-state index < -0.39 is 0 Å². The van der Waals surface area contributed by atoms with Gasteiger partial charge in [-0.2, -0.15) is 0 Å². The van der Waals surface area contributed by atoms with Crippen LogP contribution in [0.3, 0.4) is 0 Å². The first-order valence-corrected chi connectivity index (χ1v) is 7.32. The normalized spacial score (nSPS) is 12.4. The summed E-state index contributed by atoms with van der Waals surface area (Å²) in [6.45, 7) is 2.14. The van der Waals surface area contributed by atoms with Gasteiger partial charge < -0.3 is 0 Å². The maximum Gasteiger partial charge on any atom is 0.273 e. The van der Waals surface area contributed by atoms with E-state index in [1.54, 1.807) is 6.07 Å². The van der Waals surface area contributed by atoms with E-state index in [0.29, 0.717) is 4.83 Å². The molecule has 5 heteroatoms. The lowest BCUT2D eigenvalue weighted by molar-refractivity contribution is -0.385. The molecule has 1 atom stereocenters. The zero-order valence-electron chi connectivity index (χ0n) is 9.66. The molecule has 0 bridgehead atoms. The van der Waals surface area contributed by atoms with Gasteiger partial charge in [0, 0.05) is 20.9 Å². The Balaban J connectivity index is 2.73. The predicted molar refractivity (Wildman–Crippen MR) is 76.7 cm³/mol. The fourth-order valence-electron chi connectivity index (χ4n) is 1.69. The molecule has 94 valence electrons. The molecule has 0 saturated carbocycles. The van der Waals surface area contributed by atoms with Gasteiger partial charge in [0.2, 0.25) is 0 Å². The molecule has 0 aromatic heterocycles. The molecule has 1 aromatic rings. The fraction of sp³-hybridized carbons (Fsp3) is 0.500. The second-order valence-electron chi connectivity index (χ2n) is 3.95. The van der Waals surface area contributed by atoms with Crippen LogP contribution in [-0.4, -0.2) is 9.75 Å². The minimum atomic E-state index is -0.316. The Morgan fingerprint density at radius 1 is 1.41 bits per heavy atom. The van der Waals surface area contributed by atoms with Crippen molar-refractivity contribution in [2.75, 3.05) is 0 Å². The average Bonchev–Trinajstić information content (AvgIpc) is 2.27. The highest BCUT2D eigenvalue weighted by Gasteiger charge is 2.15. The molecule has 0 saturated heterocycles. The Labute approximate surface area is 118 Å². The van der Waals surface area contributed by atoms with Gasteiger partial charge in [-0.25, -0.2) is 0 Å². The Morgan fingerprint density at radius 2 is 2.12 bits per heavy atom. The summed E-state index contributed by atoms with van der Waals surface area (Å²) in [6, 6.07) is 5.25. The first kappa shape index (κ1) is 14.6. The Bertz CT molecular complexity index is 396. The SMILES string of the molecule is CCCC(Br)CCc1ccc(Br)cc1[N+](=O)[O-]. The summed E-state index contributed by atoms with van der Waals surface area (Å²) in [6.07, 6.45) is 3.89. The van der Waals surface area contributed by atoms with Crippen molar-refractivity contribution in [1.82, 2.24) is 0 Å². The molecule has 0 fully saturated rings. The predicted octanol–water partition coefficient (Wildman–Crippen LogP) is 4.85. The van der Waals surface area contributed by atoms with Gasteiger partial charge in [-0.05, 0) is 25.3 Å². The van der Waals surface area contributed by atoms with Crippen LogP contribution in [0.25, 0.3) is 0 Å². The van der Waals surface area contributed by atoms with Crippen molar-refractivity contribution in [1.29, 1.82) is 0 Å². The first-order chi connectivity index (χ1) is 8.04. The van der Waals surface area contributed by atoms with Crippen LogP contribution in [-0.2, 0) is 6.42 Å². The van der Waals surface area contributed by atoms with Gasteiger partial charge in [0.1, 0.15) is 0 Å². The highest BCUT2D eigenvalue weighted by molar-refractivity contribution is 9.10. The van der Waals surface area contributed by atoms with Crippen molar-refractivity contribution < 1.29 is 4.92 Å². The van der Waals surface area contributed by atoms with Crippen LogP contribution in [0.5, 0.6) is 0 Å². The van der Waals surface area contributed by atoms with Crippen LogP contribution in [0.2, 0.25) is 0 Å². The smallest absolute Gasteiger partial charge is 0.258 e. The fourth-order valence-corrected chi connectivity index (χ4v) is 2.72. The van der Waals surface area contributed by atoms with E-state index in [1.165, 1.54) is 0 Å². The third kappa shape index (κ3) is 4.76. The second kappa shape index (κ2) is 7.11. The molecule has 0 heterocycles. The quantitative estimate of drug-likeness (QED) is 0.411. The molecule has 0 aliphatic rings. The maximum absolute atomic E-state index is 10.9. The monoisotopic (exact) mass is 363 g/mol. The lowest BCUT2D eigenvalue weighted by atomic mass is 10.0. The third-order valence-electron chi connectivity index (χ3n) is 2.57. The number of nitrogens with zero attached hydrogens (tertiary/aromatic N) is 1. The van der Waals surface area contributed by atoms with E-state index >= 15 is 0 Å². The molecule has 1 unspecified atom stereocenters. The average molecular weight is 365 g/mol. The number of rotatable bonds is 6. The number of nitro groups is 1. The van der Waals surface area contributed by atoms with E-state index in [2.05, 4.69) is 38.8 Å². The molecule has 0 spiro atoms. The zero-order chi connectivity index (χ0) is 12.8. The number of halogens is 2. The number of hydrogen-bond donors (Lipinski definition) is 0. The summed E-state index contributed by atoms with van der Waals surface area (Å²) in [5.41, 5.74) is 1.01. The van der Waals surface area contributed by atoms with E-state index in [9.17, 15) is 10.1 Å². The molecule has 0 aliphatic heterocycles. The molecule has 17 heavy (non-hydrogen) atoms. The van der Waals surface area contributed by atoms with Gasteiger partial charge in [0.25, 0.3) is 5.69 Å². The van der Waals surface area contributed by atoms with Crippen LogP contribution in [0.15, 0.2) is 22.7 Å². The number of alkyl halides is 1. The maximum atomic E-state index is 10.9. The molecule has 0 radical (unpaired) electrons. The molecule has 1 rings (SSSR count). The van der Waals surface area contributed by atoms with Crippen molar-refractivity contribution in [2.24, 2.45) is 0 Å². The minimum Gasteiger partial charge on any atom is -0.258 e. The van der Waals surface area contributed by atoms with Crippen molar-refractivity contribution in [3.8, 4) is 0 Å². The Morgan fingerprint density at radius 3 is 2.71 bits per heavy atom.